The fourth-order valence-electron chi connectivity index (χ4n) is 1.76. The van der Waals surface area contributed by atoms with Crippen molar-refractivity contribution in [3.8, 4) is 0 Å². The first-order chi connectivity index (χ1) is 8.61. The highest BCUT2D eigenvalue weighted by atomic mass is 79.9. The summed E-state index contributed by atoms with van der Waals surface area (Å²) in [5.41, 5.74) is 3.63. The van der Waals surface area contributed by atoms with E-state index in [1.165, 1.54) is 18.2 Å². The monoisotopic (exact) mass is 312 g/mol. The number of nitrogens with one attached hydrogen (secondary N) is 1. The van der Waals surface area contributed by atoms with Crippen LogP contribution in [0.3, 0.4) is 0 Å². The lowest BCUT2D eigenvalue weighted by atomic mass is 9.99. The molecule has 18 heavy (non-hydrogen) atoms. The minimum atomic E-state index is -0.525. The van der Waals surface area contributed by atoms with Gasteiger partial charge in [0, 0.05) is 10.0 Å². The maximum absolute atomic E-state index is 13.8. The van der Waals surface area contributed by atoms with Crippen LogP contribution in [0.1, 0.15) is 17.2 Å². The van der Waals surface area contributed by atoms with Crippen LogP contribution in [0.15, 0.2) is 46.9 Å². The van der Waals surface area contributed by atoms with E-state index >= 15 is 0 Å². The second-order valence-electron chi connectivity index (χ2n) is 3.82. The number of rotatable bonds is 3. The van der Waals surface area contributed by atoms with Crippen LogP contribution in [0, 0.1) is 11.6 Å². The van der Waals surface area contributed by atoms with E-state index in [1.807, 2.05) is 0 Å². The second kappa shape index (κ2) is 5.56. The van der Waals surface area contributed by atoms with Gasteiger partial charge in [0.25, 0.3) is 0 Å². The van der Waals surface area contributed by atoms with Gasteiger partial charge in [0.15, 0.2) is 0 Å². The van der Waals surface area contributed by atoms with E-state index in [4.69, 9.17) is 5.84 Å². The van der Waals surface area contributed by atoms with Crippen LogP contribution in [0.5, 0.6) is 0 Å². The van der Waals surface area contributed by atoms with Crippen LogP contribution in [0.4, 0.5) is 8.78 Å². The molecule has 2 nitrogen and oxygen atoms in total. The number of benzene rings is 2. The van der Waals surface area contributed by atoms with Gasteiger partial charge in [0.05, 0.1) is 6.04 Å². The van der Waals surface area contributed by atoms with Crippen LogP contribution >= 0.6 is 15.9 Å². The molecule has 0 radical (unpaired) electrons. The lowest BCUT2D eigenvalue weighted by molar-refractivity contribution is 0.558. The zero-order valence-electron chi connectivity index (χ0n) is 9.33. The van der Waals surface area contributed by atoms with Gasteiger partial charge < -0.3 is 0 Å². The minimum Gasteiger partial charge on any atom is -0.271 e. The molecule has 0 spiro atoms. The molecule has 0 aromatic heterocycles. The predicted octanol–water partition coefficient (Wildman–Crippen LogP) is 3.28. The van der Waals surface area contributed by atoms with Crippen molar-refractivity contribution in [3.05, 3.63) is 69.7 Å². The van der Waals surface area contributed by atoms with Gasteiger partial charge in [-0.1, -0.05) is 28.1 Å². The van der Waals surface area contributed by atoms with E-state index in [0.29, 0.717) is 11.1 Å². The van der Waals surface area contributed by atoms with Crippen molar-refractivity contribution in [1.29, 1.82) is 0 Å². The zero-order chi connectivity index (χ0) is 13.1. The molecule has 0 saturated carbocycles. The Kier molecular flexibility index (Phi) is 4.06. The van der Waals surface area contributed by atoms with E-state index in [2.05, 4.69) is 21.4 Å². The highest BCUT2D eigenvalue weighted by Gasteiger charge is 2.16. The number of hydrazine groups is 1. The summed E-state index contributed by atoms with van der Waals surface area (Å²) >= 11 is 3.28. The van der Waals surface area contributed by atoms with Crippen molar-refractivity contribution in [3.63, 3.8) is 0 Å². The molecule has 0 aliphatic rings. The highest BCUT2D eigenvalue weighted by molar-refractivity contribution is 9.10. The quantitative estimate of drug-likeness (QED) is 0.674. The van der Waals surface area contributed by atoms with Crippen LogP contribution < -0.4 is 11.3 Å². The van der Waals surface area contributed by atoms with Crippen molar-refractivity contribution in [2.24, 2.45) is 5.84 Å². The van der Waals surface area contributed by atoms with Gasteiger partial charge >= 0.3 is 0 Å². The third kappa shape index (κ3) is 2.75. The smallest absolute Gasteiger partial charge is 0.128 e. The predicted molar refractivity (Wildman–Crippen MR) is 69.7 cm³/mol. The third-order valence-corrected chi connectivity index (χ3v) is 3.13. The molecule has 2 aromatic rings. The molecule has 0 heterocycles. The summed E-state index contributed by atoms with van der Waals surface area (Å²) in [5, 5.41) is 0. The van der Waals surface area contributed by atoms with Gasteiger partial charge in [-0.25, -0.2) is 14.2 Å². The van der Waals surface area contributed by atoms with Crippen LogP contribution in [-0.2, 0) is 0 Å². The molecule has 3 N–H and O–H groups in total. The maximum atomic E-state index is 13.8. The Balaban J connectivity index is 2.44. The lowest BCUT2D eigenvalue weighted by Gasteiger charge is -2.17. The number of hydrogen-bond acceptors (Lipinski definition) is 2. The van der Waals surface area contributed by atoms with E-state index < -0.39 is 6.04 Å². The fourth-order valence-corrected chi connectivity index (χ4v) is 2.14. The highest BCUT2D eigenvalue weighted by Crippen LogP contribution is 2.26. The molecule has 1 atom stereocenters. The summed E-state index contributed by atoms with van der Waals surface area (Å²) < 4.78 is 27.4. The zero-order valence-corrected chi connectivity index (χ0v) is 10.9. The first-order valence-corrected chi connectivity index (χ1v) is 6.07. The van der Waals surface area contributed by atoms with Gasteiger partial charge in [-0.05, 0) is 35.9 Å². The molecular formula is C13H11BrF2N2. The molecule has 0 aliphatic carbocycles. The Bertz CT molecular complexity index is 543. The van der Waals surface area contributed by atoms with Crippen LogP contribution in [-0.4, -0.2) is 0 Å². The summed E-state index contributed by atoms with van der Waals surface area (Å²) in [6, 6.07) is 9.85. The Morgan fingerprint density at radius 2 is 1.72 bits per heavy atom. The van der Waals surface area contributed by atoms with Crippen molar-refractivity contribution in [1.82, 2.24) is 5.43 Å². The van der Waals surface area contributed by atoms with Crippen molar-refractivity contribution in [2.75, 3.05) is 0 Å². The SMILES string of the molecule is NNC(c1ccc(F)cc1)c1cc(Br)ccc1F. The van der Waals surface area contributed by atoms with E-state index in [0.717, 1.165) is 4.47 Å². The first kappa shape index (κ1) is 13.1. The maximum Gasteiger partial charge on any atom is 0.128 e. The van der Waals surface area contributed by atoms with Gasteiger partial charge in [0.2, 0.25) is 0 Å². The molecule has 0 amide bonds. The van der Waals surface area contributed by atoms with E-state index in [-0.39, 0.29) is 11.6 Å². The molecule has 1 unspecified atom stereocenters. The number of hydrogen-bond donors (Lipinski definition) is 2. The fraction of sp³-hybridized carbons (Fsp3) is 0.0769. The van der Waals surface area contributed by atoms with Gasteiger partial charge in [-0.2, -0.15) is 0 Å². The Morgan fingerprint density at radius 1 is 1.06 bits per heavy atom. The van der Waals surface area contributed by atoms with Crippen molar-refractivity contribution in [2.45, 2.75) is 6.04 Å². The largest absolute Gasteiger partial charge is 0.271 e. The van der Waals surface area contributed by atoms with Crippen LogP contribution in [0.2, 0.25) is 0 Å². The summed E-state index contributed by atoms with van der Waals surface area (Å²) in [4.78, 5) is 0. The van der Waals surface area contributed by atoms with Gasteiger partial charge in [0.1, 0.15) is 11.6 Å². The summed E-state index contributed by atoms with van der Waals surface area (Å²) in [6.45, 7) is 0. The molecule has 2 aromatic carbocycles. The first-order valence-electron chi connectivity index (χ1n) is 5.28. The summed E-state index contributed by atoms with van der Waals surface area (Å²) in [6.07, 6.45) is 0. The molecular weight excluding hydrogens is 302 g/mol. The second-order valence-corrected chi connectivity index (χ2v) is 4.73. The molecule has 2 rings (SSSR count). The Labute approximate surface area is 112 Å². The van der Waals surface area contributed by atoms with Crippen molar-refractivity contribution < 1.29 is 8.78 Å². The lowest BCUT2D eigenvalue weighted by Crippen LogP contribution is -2.29. The summed E-state index contributed by atoms with van der Waals surface area (Å²) in [5.74, 6) is 4.75. The average Bonchev–Trinajstić information content (AvgIpc) is 2.37. The normalized spacial score (nSPS) is 12.4. The van der Waals surface area contributed by atoms with Crippen LogP contribution in [0.25, 0.3) is 0 Å². The van der Waals surface area contributed by atoms with Gasteiger partial charge in [-0.15, -0.1) is 0 Å². The topological polar surface area (TPSA) is 38.0 Å². The average molecular weight is 313 g/mol. The summed E-state index contributed by atoms with van der Waals surface area (Å²) in [7, 11) is 0. The number of nitrogens with two attached hydrogens (primary N) is 1. The van der Waals surface area contributed by atoms with E-state index in [9.17, 15) is 8.78 Å². The molecule has 0 aliphatic heterocycles. The molecule has 94 valence electrons. The van der Waals surface area contributed by atoms with E-state index in [1.54, 1.807) is 24.3 Å². The molecule has 0 bridgehead atoms. The molecule has 0 fully saturated rings. The van der Waals surface area contributed by atoms with Gasteiger partial charge in [-0.3, -0.25) is 5.84 Å². The Hall–Kier alpha value is -1.30. The number of halogens is 3. The minimum absolute atomic E-state index is 0.343. The molecule has 5 heteroatoms. The standard InChI is InChI=1S/C13H11BrF2N2/c14-9-3-6-12(16)11(7-9)13(18-17)8-1-4-10(15)5-2-8/h1-7,13,18H,17H2. The third-order valence-electron chi connectivity index (χ3n) is 2.64. The van der Waals surface area contributed by atoms with Crippen molar-refractivity contribution >= 4 is 15.9 Å². The Morgan fingerprint density at radius 3 is 2.33 bits per heavy atom. The molecule has 0 saturated heterocycles.